The predicted molar refractivity (Wildman–Crippen MR) is 134 cm³/mol. The number of amides is 1. The number of nitrogens with one attached hydrogen (secondary N) is 1. The number of hydrogen-bond donors (Lipinski definition) is 1. The maximum atomic E-state index is 15.0. The zero-order chi connectivity index (χ0) is 25.7. The summed E-state index contributed by atoms with van der Waals surface area (Å²) in [4.78, 5) is 25.3. The average molecular weight is 487 g/mol. The van der Waals surface area contributed by atoms with E-state index in [-0.39, 0.29) is 12.2 Å². The van der Waals surface area contributed by atoms with Crippen molar-refractivity contribution in [3.63, 3.8) is 0 Å². The second-order valence-electron chi connectivity index (χ2n) is 8.83. The van der Waals surface area contributed by atoms with Crippen LogP contribution in [0.5, 0.6) is 0 Å². The van der Waals surface area contributed by atoms with Crippen molar-refractivity contribution in [2.75, 3.05) is 6.61 Å². The van der Waals surface area contributed by atoms with Crippen molar-refractivity contribution in [1.82, 2.24) is 20.3 Å². The van der Waals surface area contributed by atoms with E-state index in [1.165, 1.54) is 6.07 Å². The van der Waals surface area contributed by atoms with E-state index in [0.717, 1.165) is 5.56 Å². The second kappa shape index (κ2) is 10.5. The Morgan fingerprint density at radius 3 is 2.42 bits per heavy atom. The van der Waals surface area contributed by atoms with Gasteiger partial charge in [0.2, 0.25) is 0 Å². The summed E-state index contributed by atoms with van der Waals surface area (Å²) in [7, 11) is 0. The first-order valence-corrected chi connectivity index (χ1v) is 11.6. The van der Waals surface area contributed by atoms with Crippen LogP contribution < -0.4 is 5.32 Å². The first kappa shape index (κ1) is 24.8. The van der Waals surface area contributed by atoms with Crippen molar-refractivity contribution < 1.29 is 18.7 Å². The monoisotopic (exact) mass is 486 g/mol. The van der Waals surface area contributed by atoms with Gasteiger partial charge in [-0.1, -0.05) is 59.8 Å². The number of halogens is 1. The molecule has 0 aliphatic heterocycles. The SMILES string of the molecule is CCOC(=O)c1ccc(-c2cccc(F)c2C(=O)NC(C)(C)c2cn(Cc3ccccc3)nn2)cc1. The zero-order valence-electron chi connectivity index (χ0n) is 20.4. The third kappa shape index (κ3) is 5.49. The van der Waals surface area contributed by atoms with Gasteiger partial charge >= 0.3 is 5.97 Å². The Kier molecular flexibility index (Phi) is 7.24. The summed E-state index contributed by atoms with van der Waals surface area (Å²) >= 11 is 0. The highest BCUT2D eigenvalue weighted by atomic mass is 19.1. The van der Waals surface area contributed by atoms with E-state index in [4.69, 9.17) is 4.74 Å². The van der Waals surface area contributed by atoms with Crippen molar-refractivity contribution in [1.29, 1.82) is 0 Å². The molecule has 4 aromatic rings. The zero-order valence-corrected chi connectivity index (χ0v) is 20.4. The van der Waals surface area contributed by atoms with Gasteiger partial charge in [0.15, 0.2) is 0 Å². The molecule has 1 aromatic heterocycles. The van der Waals surface area contributed by atoms with Gasteiger partial charge in [-0.25, -0.2) is 13.9 Å². The molecule has 7 nitrogen and oxygen atoms in total. The minimum atomic E-state index is -0.917. The van der Waals surface area contributed by atoms with E-state index in [0.29, 0.717) is 28.9 Å². The molecule has 0 spiro atoms. The third-order valence-corrected chi connectivity index (χ3v) is 5.74. The van der Waals surface area contributed by atoms with Crippen molar-refractivity contribution in [2.45, 2.75) is 32.9 Å². The van der Waals surface area contributed by atoms with Crippen molar-refractivity contribution in [2.24, 2.45) is 0 Å². The molecule has 4 rings (SSSR count). The van der Waals surface area contributed by atoms with Crippen LogP contribution in [0.2, 0.25) is 0 Å². The second-order valence-corrected chi connectivity index (χ2v) is 8.83. The summed E-state index contributed by atoms with van der Waals surface area (Å²) in [6.07, 6.45) is 1.77. The summed E-state index contributed by atoms with van der Waals surface area (Å²) in [5, 5.41) is 11.3. The maximum absolute atomic E-state index is 15.0. The van der Waals surface area contributed by atoms with E-state index in [2.05, 4.69) is 15.6 Å². The fraction of sp³-hybridized carbons (Fsp3) is 0.214. The lowest BCUT2D eigenvalue weighted by Gasteiger charge is -2.24. The Labute approximate surface area is 208 Å². The molecule has 1 heterocycles. The highest BCUT2D eigenvalue weighted by molar-refractivity contribution is 6.01. The molecule has 1 N–H and O–H groups in total. The van der Waals surface area contributed by atoms with E-state index >= 15 is 0 Å². The topological polar surface area (TPSA) is 86.1 Å². The molecule has 0 atom stereocenters. The van der Waals surface area contributed by atoms with Crippen LogP contribution in [-0.4, -0.2) is 33.5 Å². The van der Waals surface area contributed by atoms with Gasteiger partial charge in [0.1, 0.15) is 11.5 Å². The molecule has 1 amide bonds. The van der Waals surface area contributed by atoms with Gasteiger partial charge in [0.25, 0.3) is 5.91 Å². The average Bonchev–Trinajstić information content (AvgIpc) is 3.34. The lowest BCUT2D eigenvalue weighted by Crippen LogP contribution is -2.41. The van der Waals surface area contributed by atoms with E-state index < -0.39 is 23.2 Å². The van der Waals surface area contributed by atoms with E-state index in [1.54, 1.807) is 68.0 Å². The highest BCUT2D eigenvalue weighted by Crippen LogP contribution is 2.28. The fourth-order valence-corrected chi connectivity index (χ4v) is 3.84. The number of hydrogen-bond acceptors (Lipinski definition) is 5. The highest BCUT2D eigenvalue weighted by Gasteiger charge is 2.29. The van der Waals surface area contributed by atoms with Crippen molar-refractivity contribution >= 4 is 11.9 Å². The van der Waals surface area contributed by atoms with Crippen LogP contribution in [0.1, 0.15) is 52.7 Å². The predicted octanol–water partition coefficient (Wildman–Crippen LogP) is 4.97. The summed E-state index contributed by atoms with van der Waals surface area (Å²) in [6, 6.07) is 20.8. The van der Waals surface area contributed by atoms with Crippen molar-refractivity contribution in [3.05, 3.63) is 107 Å². The summed E-state index contributed by atoms with van der Waals surface area (Å²) in [6.45, 7) is 6.11. The molecule has 0 saturated carbocycles. The number of carbonyl (C=O) groups is 2. The Morgan fingerprint density at radius 1 is 1.00 bits per heavy atom. The smallest absolute Gasteiger partial charge is 0.338 e. The van der Waals surface area contributed by atoms with Crippen LogP contribution in [0.3, 0.4) is 0 Å². The third-order valence-electron chi connectivity index (χ3n) is 5.74. The van der Waals surface area contributed by atoms with Gasteiger partial charge in [-0.05, 0) is 55.7 Å². The standard InChI is InChI=1S/C28H27FN4O3/c1-4-36-27(35)21-15-13-20(14-16-21)22-11-8-12-23(29)25(22)26(34)30-28(2,3)24-18-33(32-31-24)17-19-9-6-5-7-10-19/h5-16,18H,4,17H2,1-3H3,(H,30,34). The normalized spacial score (nSPS) is 11.2. The van der Waals surface area contributed by atoms with Crippen LogP contribution >= 0.6 is 0 Å². The Hall–Kier alpha value is -4.33. The van der Waals surface area contributed by atoms with Gasteiger partial charge in [0, 0.05) is 0 Å². The van der Waals surface area contributed by atoms with E-state index in [9.17, 15) is 14.0 Å². The molecule has 3 aromatic carbocycles. The number of aromatic nitrogens is 3. The number of esters is 1. The molecule has 36 heavy (non-hydrogen) atoms. The Balaban J connectivity index is 1.56. The van der Waals surface area contributed by atoms with Gasteiger partial charge < -0.3 is 10.1 Å². The Morgan fingerprint density at radius 2 is 1.72 bits per heavy atom. The molecule has 0 bridgehead atoms. The van der Waals surface area contributed by atoms with Crippen LogP contribution in [0.4, 0.5) is 4.39 Å². The van der Waals surface area contributed by atoms with Crippen LogP contribution in [0, 0.1) is 5.82 Å². The van der Waals surface area contributed by atoms with Crippen LogP contribution in [0.25, 0.3) is 11.1 Å². The first-order chi connectivity index (χ1) is 17.3. The number of rotatable bonds is 8. The minimum absolute atomic E-state index is 0.0915. The molecule has 0 aliphatic carbocycles. The molecule has 0 unspecified atom stereocenters. The van der Waals surface area contributed by atoms with Crippen LogP contribution in [-0.2, 0) is 16.8 Å². The lowest BCUT2D eigenvalue weighted by atomic mass is 9.95. The number of ether oxygens (including phenoxy) is 1. The summed E-state index contributed by atoms with van der Waals surface area (Å²) in [5.41, 5.74) is 1.99. The van der Waals surface area contributed by atoms with Gasteiger partial charge in [-0.3, -0.25) is 4.79 Å². The first-order valence-electron chi connectivity index (χ1n) is 11.6. The van der Waals surface area contributed by atoms with Gasteiger partial charge in [-0.15, -0.1) is 5.10 Å². The van der Waals surface area contributed by atoms with Crippen LogP contribution in [0.15, 0.2) is 79.0 Å². The van der Waals surface area contributed by atoms with Gasteiger partial charge in [-0.2, -0.15) is 0 Å². The molecule has 0 radical (unpaired) electrons. The van der Waals surface area contributed by atoms with E-state index in [1.807, 2.05) is 30.3 Å². The summed E-state index contributed by atoms with van der Waals surface area (Å²) < 4.78 is 21.7. The molecule has 184 valence electrons. The number of nitrogens with zero attached hydrogens (tertiary/aromatic N) is 3. The number of carbonyl (C=O) groups excluding carboxylic acids is 2. The number of benzene rings is 3. The maximum Gasteiger partial charge on any atom is 0.338 e. The molecule has 0 fully saturated rings. The molecule has 8 heteroatoms. The fourth-order valence-electron chi connectivity index (χ4n) is 3.84. The molecular formula is C28H27FN4O3. The molecule has 0 aliphatic rings. The molecule has 0 saturated heterocycles. The lowest BCUT2D eigenvalue weighted by molar-refractivity contribution is 0.0526. The molecular weight excluding hydrogens is 459 g/mol. The largest absolute Gasteiger partial charge is 0.462 e. The minimum Gasteiger partial charge on any atom is -0.462 e. The van der Waals surface area contributed by atoms with Crippen molar-refractivity contribution in [3.8, 4) is 11.1 Å². The quantitative estimate of drug-likeness (QED) is 0.355. The van der Waals surface area contributed by atoms with Gasteiger partial charge in [0.05, 0.1) is 36.0 Å². The Bertz CT molecular complexity index is 1370. The summed E-state index contributed by atoms with van der Waals surface area (Å²) in [5.74, 6) is -1.67.